The highest BCUT2D eigenvalue weighted by Gasteiger charge is 2.28. The zero-order valence-electron chi connectivity index (χ0n) is 12.4. The van der Waals surface area contributed by atoms with Gasteiger partial charge in [0.15, 0.2) is 0 Å². The summed E-state index contributed by atoms with van der Waals surface area (Å²) in [6, 6.07) is 6.41. The van der Waals surface area contributed by atoms with E-state index < -0.39 is 6.09 Å². The van der Waals surface area contributed by atoms with Crippen LogP contribution in [-0.4, -0.2) is 22.6 Å². The van der Waals surface area contributed by atoms with Crippen molar-refractivity contribution in [3.63, 3.8) is 0 Å². The molecule has 1 saturated heterocycles. The van der Waals surface area contributed by atoms with Crippen molar-refractivity contribution in [3.05, 3.63) is 47.7 Å². The smallest absolute Gasteiger partial charge is 0.411 e. The predicted octanol–water partition coefficient (Wildman–Crippen LogP) is 4.36. The number of piperidine rings is 1. The third-order valence-electron chi connectivity index (χ3n) is 4.28. The molecular formula is C17H22N2O2. The molecule has 4 N–H and O–H groups in total. The molecular weight excluding hydrogens is 264 g/mol. The Morgan fingerprint density at radius 1 is 1.33 bits per heavy atom. The van der Waals surface area contributed by atoms with Crippen LogP contribution in [0, 0.1) is 12.8 Å². The second kappa shape index (κ2) is 6.14. The Labute approximate surface area is 125 Å². The van der Waals surface area contributed by atoms with Crippen LogP contribution in [0.15, 0.2) is 42.1 Å². The molecule has 0 bridgehead atoms. The van der Waals surface area contributed by atoms with Gasteiger partial charge in [-0.05, 0) is 49.0 Å². The van der Waals surface area contributed by atoms with E-state index >= 15 is 0 Å². The van der Waals surface area contributed by atoms with E-state index in [9.17, 15) is 4.79 Å². The van der Waals surface area contributed by atoms with Crippen LogP contribution in [0.3, 0.4) is 0 Å². The number of benzene rings is 1. The number of rotatable bonds is 0. The number of likely N-dealkylation sites (tertiary alicyclic amines) is 1. The van der Waals surface area contributed by atoms with Gasteiger partial charge in [-0.25, -0.2) is 4.79 Å². The molecule has 1 amide bonds. The fourth-order valence-electron chi connectivity index (χ4n) is 3.06. The molecule has 4 heteroatoms. The highest BCUT2D eigenvalue weighted by molar-refractivity contribution is 5.88. The van der Waals surface area contributed by atoms with Crippen LogP contribution in [0.2, 0.25) is 0 Å². The summed E-state index contributed by atoms with van der Waals surface area (Å²) < 4.78 is 0. The van der Waals surface area contributed by atoms with Gasteiger partial charge >= 0.3 is 6.09 Å². The summed E-state index contributed by atoms with van der Waals surface area (Å²) in [7, 11) is 0. The molecule has 0 aromatic rings. The minimum Gasteiger partial charge on any atom is -0.465 e. The maximum Gasteiger partial charge on any atom is 0.411 e. The van der Waals surface area contributed by atoms with Crippen LogP contribution in [-0.2, 0) is 0 Å². The van der Waals surface area contributed by atoms with Crippen molar-refractivity contribution < 1.29 is 9.90 Å². The highest BCUT2D eigenvalue weighted by atomic mass is 16.4. The minimum atomic E-state index is -0.814. The van der Waals surface area contributed by atoms with Gasteiger partial charge in [-0.1, -0.05) is 30.4 Å². The molecule has 1 aliphatic heterocycles. The molecule has 4 nitrogen and oxygen atoms in total. The van der Waals surface area contributed by atoms with Crippen LogP contribution < -0.4 is 6.15 Å². The Morgan fingerprint density at radius 3 is 2.62 bits per heavy atom. The van der Waals surface area contributed by atoms with Gasteiger partial charge in [-0.15, -0.1) is 0 Å². The summed E-state index contributed by atoms with van der Waals surface area (Å²) in [6.45, 7) is 2.82. The van der Waals surface area contributed by atoms with Gasteiger partial charge in [0.1, 0.15) is 0 Å². The summed E-state index contributed by atoms with van der Waals surface area (Å²) in [6.07, 6.45) is 8.29. The van der Waals surface area contributed by atoms with E-state index in [0.717, 1.165) is 25.0 Å². The van der Waals surface area contributed by atoms with E-state index in [4.69, 9.17) is 5.11 Å². The van der Waals surface area contributed by atoms with Crippen molar-refractivity contribution >= 4 is 6.09 Å². The van der Waals surface area contributed by atoms with Crippen molar-refractivity contribution in [3.8, 4) is 11.1 Å². The number of carbonyl (C=O) groups is 1. The number of allylic oxidation sites excluding steroid dienone is 4. The lowest BCUT2D eigenvalue weighted by Gasteiger charge is -2.34. The Kier molecular flexibility index (Phi) is 4.48. The molecule has 3 aliphatic carbocycles. The third-order valence-corrected chi connectivity index (χ3v) is 4.28. The van der Waals surface area contributed by atoms with Crippen molar-refractivity contribution in [1.29, 1.82) is 0 Å². The van der Waals surface area contributed by atoms with Crippen LogP contribution >= 0.6 is 0 Å². The maximum atomic E-state index is 10.9. The molecule has 0 aromatic heterocycles. The quantitative estimate of drug-likeness (QED) is 0.755. The molecule has 4 rings (SSSR count). The van der Waals surface area contributed by atoms with Crippen LogP contribution in [0.25, 0.3) is 11.1 Å². The molecule has 21 heavy (non-hydrogen) atoms. The lowest BCUT2D eigenvalue weighted by molar-refractivity contribution is 0.143. The second-order valence-electron chi connectivity index (χ2n) is 5.51. The Balaban J connectivity index is 0.000000170. The van der Waals surface area contributed by atoms with Crippen LogP contribution in [0.5, 0.6) is 0 Å². The number of amides is 1. The highest BCUT2D eigenvalue weighted by Crippen LogP contribution is 2.41. The standard InChI is InChI=1S/C10H13NO2.C7H6.H3N/c12-10(13)11-7-3-5-8-4-1-2-6-9(8)11;1-5-6-3-2-4-7(5)6;/h1-2,6,8H,3-5,7H2,(H,12,13);2-4H,1H3;1H3. The Morgan fingerprint density at radius 2 is 2.05 bits per heavy atom. The topological polar surface area (TPSA) is 75.5 Å². The van der Waals surface area contributed by atoms with E-state index in [2.05, 4.69) is 31.2 Å². The first kappa shape index (κ1) is 15.3. The number of hydrogen-bond donors (Lipinski definition) is 2. The first-order valence-electron chi connectivity index (χ1n) is 7.15. The normalized spacial score (nSPS) is 20.3. The summed E-state index contributed by atoms with van der Waals surface area (Å²) >= 11 is 0. The molecule has 0 aromatic carbocycles. The van der Waals surface area contributed by atoms with Gasteiger partial charge in [0.05, 0.1) is 0 Å². The third kappa shape index (κ3) is 3.00. The van der Waals surface area contributed by atoms with Gasteiger partial charge < -0.3 is 11.3 Å². The van der Waals surface area contributed by atoms with Gasteiger partial charge in [-0.2, -0.15) is 0 Å². The summed E-state index contributed by atoms with van der Waals surface area (Å²) in [5.74, 6) is 0.440. The molecule has 1 fully saturated rings. The lowest BCUT2D eigenvalue weighted by atomic mass is 9.88. The van der Waals surface area contributed by atoms with Gasteiger partial charge in [0.2, 0.25) is 0 Å². The molecule has 1 atom stereocenters. The number of nitrogens with zero attached hydrogens (tertiary/aromatic N) is 1. The van der Waals surface area contributed by atoms with E-state index in [-0.39, 0.29) is 6.15 Å². The molecule has 0 saturated carbocycles. The fourth-order valence-corrected chi connectivity index (χ4v) is 3.06. The number of hydrogen-bond acceptors (Lipinski definition) is 2. The first-order valence-corrected chi connectivity index (χ1v) is 7.15. The predicted molar refractivity (Wildman–Crippen MR) is 84.5 cm³/mol. The van der Waals surface area contributed by atoms with E-state index in [0.29, 0.717) is 12.5 Å². The van der Waals surface area contributed by atoms with Crippen molar-refractivity contribution in [2.24, 2.45) is 5.92 Å². The molecule has 1 unspecified atom stereocenters. The van der Waals surface area contributed by atoms with Gasteiger partial charge in [0, 0.05) is 18.2 Å². The number of aryl methyl sites for hydroxylation is 1. The average molecular weight is 286 g/mol. The molecule has 1 heterocycles. The minimum absolute atomic E-state index is 0. The second-order valence-corrected chi connectivity index (χ2v) is 5.51. The molecule has 0 radical (unpaired) electrons. The molecule has 4 aliphatic rings. The van der Waals surface area contributed by atoms with E-state index in [1.807, 2.05) is 12.2 Å². The average Bonchev–Trinajstić information content (AvgIpc) is 2.90. The number of fused-ring (bicyclic) bond motifs is 2. The fraction of sp³-hybridized carbons (Fsp3) is 0.353. The van der Waals surface area contributed by atoms with Crippen LogP contribution in [0.4, 0.5) is 4.79 Å². The summed E-state index contributed by atoms with van der Waals surface area (Å²) in [5, 5.41) is 8.94. The van der Waals surface area contributed by atoms with Gasteiger partial charge in [0.25, 0.3) is 0 Å². The Bertz CT molecular complexity index is 585. The van der Waals surface area contributed by atoms with Gasteiger partial charge in [-0.3, -0.25) is 4.90 Å². The van der Waals surface area contributed by atoms with E-state index in [1.54, 1.807) is 0 Å². The summed E-state index contributed by atoms with van der Waals surface area (Å²) in [4.78, 5) is 12.4. The van der Waals surface area contributed by atoms with Crippen molar-refractivity contribution in [2.45, 2.75) is 26.2 Å². The molecule has 112 valence electrons. The van der Waals surface area contributed by atoms with Crippen LogP contribution in [0.1, 0.15) is 24.8 Å². The zero-order valence-corrected chi connectivity index (χ0v) is 12.4. The zero-order chi connectivity index (χ0) is 14.1. The van der Waals surface area contributed by atoms with Crippen molar-refractivity contribution in [2.75, 3.05) is 6.54 Å². The molecule has 0 spiro atoms. The first-order chi connectivity index (χ1) is 9.68. The Hall–Kier alpha value is -2.07. The lowest BCUT2D eigenvalue weighted by Crippen LogP contribution is -2.37. The maximum absolute atomic E-state index is 10.9. The summed E-state index contributed by atoms with van der Waals surface area (Å²) in [5.41, 5.74) is 5.42. The number of carboxylic acid groups (broad SMARTS) is 1. The largest absolute Gasteiger partial charge is 0.465 e. The van der Waals surface area contributed by atoms with E-state index in [1.165, 1.54) is 21.6 Å². The monoisotopic (exact) mass is 286 g/mol. The van der Waals surface area contributed by atoms with Crippen molar-refractivity contribution in [1.82, 2.24) is 11.1 Å². The SMILES string of the molecule is Cc1c2cccc1-2.N.O=C(O)N1CCCC2CC=CC=C21.